The van der Waals surface area contributed by atoms with Crippen LogP contribution < -0.4 is 4.72 Å². The van der Waals surface area contributed by atoms with E-state index in [0.717, 1.165) is 15.4 Å². The third-order valence-electron chi connectivity index (χ3n) is 4.09. The number of anilines is 1. The van der Waals surface area contributed by atoms with Gasteiger partial charge in [0.15, 0.2) is 11.5 Å². The molecule has 9 nitrogen and oxygen atoms in total. The van der Waals surface area contributed by atoms with Gasteiger partial charge in [0.2, 0.25) is 0 Å². The van der Waals surface area contributed by atoms with Crippen LogP contribution in [0.1, 0.15) is 0 Å². The molecule has 0 saturated heterocycles. The molecule has 0 aliphatic heterocycles. The third-order valence-corrected chi connectivity index (χ3v) is 5.55. The van der Waals surface area contributed by atoms with Gasteiger partial charge in [-0.05, 0) is 36.4 Å². The standard InChI is InChI=1S/C18H17N7O2S/c1-24(2)28(26,27)23-15-7-5-13(6-8-15)16-9-10-17-20-21-18(25(17)22-16)14-4-3-11-19-12-14/h3-12,23H,1-2H3. The summed E-state index contributed by atoms with van der Waals surface area (Å²) in [6.07, 6.45) is 3.40. The molecule has 0 amide bonds. The molecule has 0 bridgehead atoms. The summed E-state index contributed by atoms with van der Waals surface area (Å²) < 4.78 is 29.1. The van der Waals surface area contributed by atoms with Crippen LogP contribution in [-0.4, -0.2) is 51.6 Å². The minimum absolute atomic E-state index is 0.471. The lowest BCUT2D eigenvalue weighted by Crippen LogP contribution is -2.28. The summed E-state index contributed by atoms with van der Waals surface area (Å²) in [5.74, 6) is 0.598. The van der Waals surface area contributed by atoms with Crippen molar-refractivity contribution < 1.29 is 8.42 Å². The Balaban J connectivity index is 1.68. The molecule has 0 aliphatic rings. The number of nitrogens with one attached hydrogen (secondary N) is 1. The fourth-order valence-electron chi connectivity index (χ4n) is 2.57. The third kappa shape index (κ3) is 3.42. The van der Waals surface area contributed by atoms with Crippen LogP contribution in [0.5, 0.6) is 0 Å². The molecule has 0 saturated carbocycles. The predicted octanol–water partition coefficient (Wildman–Crippen LogP) is 2.07. The molecule has 0 aliphatic carbocycles. The molecule has 0 atom stereocenters. The van der Waals surface area contributed by atoms with E-state index in [-0.39, 0.29) is 0 Å². The van der Waals surface area contributed by atoms with E-state index in [1.807, 2.05) is 24.3 Å². The first kappa shape index (κ1) is 18.0. The highest BCUT2D eigenvalue weighted by atomic mass is 32.2. The number of pyridine rings is 1. The zero-order valence-electron chi connectivity index (χ0n) is 15.2. The molecule has 1 N–H and O–H groups in total. The smallest absolute Gasteiger partial charge is 0.271 e. The summed E-state index contributed by atoms with van der Waals surface area (Å²) in [4.78, 5) is 4.11. The molecular formula is C18H17N7O2S. The van der Waals surface area contributed by atoms with E-state index in [1.54, 1.807) is 41.2 Å². The van der Waals surface area contributed by atoms with Crippen LogP contribution in [0.25, 0.3) is 28.3 Å². The van der Waals surface area contributed by atoms with Crippen LogP contribution in [0.2, 0.25) is 0 Å². The van der Waals surface area contributed by atoms with Gasteiger partial charge in [0.1, 0.15) is 0 Å². The molecule has 1 aromatic carbocycles. The van der Waals surface area contributed by atoms with Crippen LogP contribution in [-0.2, 0) is 10.2 Å². The number of hydrogen-bond acceptors (Lipinski definition) is 6. The average Bonchev–Trinajstić information content (AvgIpc) is 3.12. The minimum Gasteiger partial charge on any atom is -0.271 e. The van der Waals surface area contributed by atoms with E-state index in [9.17, 15) is 8.42 Å². The van der Waals surface area contributed by atoms with Crippen molar-refractivity contribution in [2.45, 2.75) is 0 Å². The van der Waals surface area contributed by atoms with E-state index in [2.05, 4.69) is 25.0 Å². The van der Waals surface area contributed by atoms with Crippen LogP contribution in [0.15, 0.2) is 60.9 Å². The maximum absolute atomic E-state index is 11.9. The highest BCUT2D eigenvalue weighted by Crippen LogP contribution is 2.22. The molecule has 3 heterocycles. The van der Waals surface area contributed by atoms with E-state index in [0.29, 0.717) is 22.9 Å². The number of nitrogens with zero attached hydrogens (tertiary/aromatic N) is 6. The Morgan fingerprint density at radius 2 is 1.75 bits per heavy atom. The van der Waals surface area contributed by atoms with E-state index < -0.39 is 10.2 Å². The lowest BCUT2D eigenvalue weighted by atomic mass is 10.1. The predicted molar refractivity (Wildman–Crippen MR) is 106 cm³/mol. The lowest BCUT2D eigenvalue weighted by Gasteiger charge is -2.13. The second-order valence-electron chi connectivity index (χ2n) is 6.22. The number of benzene rings is 1. The molecular weight excluding hydrogens is 378 g/mol. The van der Waals surface area contributed by atoms with Crippen molar-refractivity contribution >= 4 is 21.5 Å². The van der Waals surface area contributed by atoms with Crippen LogP contribution >= 0.6 is 0 Å². The average molecular weight is 395 g/mol. The Morgan fingerprint density at radius 3 is 2.43 bits per heavy atom. The fraction of sp³-hybridized carbons (Fsp3) is 0.111. The van der Waals surface area contributed by atoms with Crippen LogP contribution in [0, 0.1) is 0 Å². The Kier molecular flexibility index (Phi) is 4.49. The van der Waals surface area contributed by atoms with Gasteiger partial charge in [0.05, 0.1) is 5.69 Å². The van der Waals surface area contributed by atoms with Gasteiger partial charge >= 0.3 is 10.2 Å². The summed E-state index contributed by atoms with van der Waals surface area (Å²) in [7, 11) is -0.611. The first-order chi connectivity index (χ1) is 13.4. The maximum Gasteiger partial charge on any atom is 0.301 e. The molecule has 142 valence electrons. The molecule has 0 unspecified atom stereocenters. The highest BCUT2D eigenvalue weighted by molar-refractivity contribution is 7.90. The summed E-state index contributed by atoms with van der Waals surface area (Å²) in [5, 5.41) is 13.0. The van der Waals surface area contributed by atoms with Gasteiger partial charge in [-0.25, -0.2) is 0 Å². The maximum atomic E-state index is 11.9. The number of aromatic nitrogens is 5. The number of rotatable bonds is 5. The van der Waals surface area contributed by atoms with Gasteiger partial charge in [0.25, 0.3) is 0 Å². The van der Waals surface area contributed by atoms with Crippen molar-refractivity contribution in [1.29, 1.82) is 0 Å². The molecule has 3 aromatic heterocycles. The SMILES string of the molecule is CN(C)S(=O)(=O)Nc1ccc(-c2ccc3nnc(-c4cccnc4)n3n2)cc1. The molecule has 4 rings (SSSR count). The second kappa shape index (κ2) is 6.98. The molecule has 0 fully saturated rings. The fourth-order valence-corrected chi connectivity index (χ4v) is 3.18. The topological polar surface area (TPSA) is 105 Å². The van der Waals surface area contributed by atoms with Crippen molar-refractivity contribution in [3.05, 3.63) is 60.9 Å². The van der Waals surface area contributed by atoms with Crippen molar-refractivity contribution in [3.63, 3.8) is 0 Å². The largest absolute Gasteiger partial charge is 0.301 e. The Labute approximate surface area is 161 Å². The zero-order valence-corrected chi connectivity index (χ0v) is 16.0. The Morgan fingerprint density at radius 1 is 0.964 bits per heavy atom. The Hall–Kier alpha value is -3.37. The summed E-state index contributed by atoms with van der Waals surface area (Å²) in [6, 6.07) is 14.4. The van der Waals surface area contributed by atoms with Gasteiger partial charge in [0, 0.05) is 43.3 Å². The Bertz CT molecular complexity index is 1220. The van der Waals surface area contributed by atoms with Gasteiger partial charge in [-0.15, -0.1) is 10.2 Å². The van der Waals surface area contributed by atoms with Crippen LogP contribution in [0.3, 0.4) is 0 Å². The number of fused-ring (bicyclic) bond motifs is 1. The highest BCUT2D eigenvalue weighted by Gasteiger charge is 2.14. The minimum atomic E-state index is -3.55. The zero-order chi connectivity index (χ0) is 19.7. The summed E-state index contributed by atoms with van der Waals surface area (Å²) >= 11 is 0. The van der Waals surface area contributed by atoms with Crippen molar-refractivity contribution in [2.24, 2.45) is 0 Å². The van der Waals surface area contributed by atoms with E-state index in [4.69, 9.17) is 0 Å². The molecule has 4 aromatic rings. The first-order valence-corrected chi connectivity index (χ1v) is 9.82. The van der Waals surface area contributed by atoms with Gasteiger partial charge in [-0.1, -0.05) is 12.1 Å². The van der Waals surface area contributed by atoms with E-state index >= 15 is 0 Å². The van der Waals surface area contributed by atoms with Crippen molar-refractivity contribution in [2.75, 3.05) is 18.8 Å². The molecule has 10 heteroatoms. The quantitative estimate of drug-likeness (QED) is 0.555. The lowest BCUT2D eigenvalue weighted by molar-refractivity contribution is 0.527. The molecule has 0 spiro atoms. The summed E-state index contributed by atoms with van der Waals surface area (Å²) in [6.45, 7) is 0. The van der Waals surface area contributed by atoms with Crippen molar-refractivity contribution in [1.82, 2.24) is 29.1 Å². The summed E-state index contributed by atoms with van der Waals surface area (Å²) in [5.41, 5.74) is 3.45. The van der Waals surface area contributed by atoms with Crippen LogP contribution in [0.4, 0.5) is 5.69 Å². The first-order valence-electron chi connectivity index (χ1n) is 8.37. The van der Waals surface area contributed by atoms with Gasteiger partial charge < -0.3 is 0 Å². The van der Waals surface area contributed by atoms with Crippen molar-refractivity contribution in [3.8, 4) is 22.6 Å². The van der Waals surface area contributed by atoms with Gasteiger partial charge in [-0.3, -0.25) is 9.71 Å². The molecule has 0 radical (unpaired) electrons. The number of hydrogen-bond donors (Lipinski definition) is 1. The second-order valence-corrected chi connectivity index (χ2v) is 8.11. The normalized spacial score (nSPS) is 11.8. The monoisotopic (exact) mass is 395 g/mol. The van der Waals surface area contributed by atoms with E-state index in [1.165, 1.54) is 14.1 Å². The molecule has 28 heavy (non-hydrogen) atoms. The van der Waals surface area contributed by atoms with Gasteiger partial charge in [-0.2, -0.15) is 22.3 Å².